The maximum absolute atomic E-state index is 5.87. The number of hydrogen-bond donors (Lipinski definition) is 0. The van der Waals surface area contributed by atoms with Gasteiger partial charge >= 0.3 is 0 Å². The van der Waals surface area contributed by atoms with Crippen LogP contribution >= 0.6 is 15.9 Å². The first-order chi connectivity index (χ1) is 9.79. The number of rotatable bonds is 3. The van der Waals surface area contributed by atoms with E-state index in [0.29, 0.717) is 22.0 Å². The maximum atomic E-state index is 5.87. The second-order valence-electron chi connectivity index (χ2n) is 5.86. The van der Waals surface area contributed by atoms with Gasteiger partial charge in [0.25, 0.3) is 0 Å². The summed E-state index contributed by atoms with van der Waals surface area (Å²) < 4.78 is 11.9. The molecule has 0 amide bonds. The summed E-state index contributed by atoms with van der Waals surface area (Å²) in [5.74, 6) is 2.53. The van der Waals surface area contributed by atoms with E-state index in [2.05, 4.69) is 46.7 Å². The number of nitrogens with zero attached hydrogens (tertiary/aromatic N) is 2. The zero-order chi connectivity index (χ0) is 15.6. The van der Waals surface area contributed by atoms with E-state index in [9.17, 15) is 0 Å². The Labute approximate surface area is 133 Å². The predicted octanol–water partition coefficient (Wildman–Crippen LogP) is 4.65. The average Bonchev–Trinajstić information content (AvgIpc) is 2.39. The van der Waals surface area contributed by atoms with E-state index in [1.807, 2.05) is 25.1 Å². The molecule has 0 unspecified atom stereocenters. The van der Waals surface area contributed by atoms with E-state index in [4.69, 9.17) is 9.47 Å². The summed E-state index contributed by atoms with van der Waals surface area (Å²) in [5.41, 5.74) is 0.956. The summed E-state index contributed by atoms with van der Waals surface area (Å²) in [5, 5.41) is 0. The van der Waals surface area contributed by atoms with E-state index >= 15 is 0 Å². The lowest BCUT2D eigenvalue weighted by Crippen LogP contribution is -2.16. The normalized spacial score (nSPS) is 11.3. The van der Waals surface area contributed by atoms with Crippen molar-refractivity contribution in [1.82, 2.24) is 9.97 Å². The van der Waals surface area contributed by atoms with Crippen molar-refractivity contribution in [1.29, 1.82) is 0 Å². The topological polar surface area (TPSA) is 44.2 Å². The molecule has 0 aliphatic heterocycles. The van der Waals surface area contributed by atoms with E-state index in [-0.39, 0.29) is 5.41 Å². The first-order valence-electron chi connectivity index (χ1n) is 6.67. The van der Waals surface area contributed by atoms with Crippen molar-refractivity contribution >= 4 is 15.9 Å². The summed E-state index contributed by atoms with van der Waals surface area (Å²) in [4.78, 5) is 8.88. The van der Waals surface area contributed by atoms with Gasteiger partial charge in [-0.3, -0.25) is 0 Å². The second-order valence-corrected chi connectivity index (χ2v) is 6.67. The minimum atomic E-state index is -0.154. The molecule has 0 bridgehead atoms. The fraction of sp³-hybridized carbons (Fsp3) is 0.375. The highest BCUT2D eigenvalue weighted by molar-refractivity contribution is 9.10. The molecule has 21 heavy (non-hydrogen) atoms. The van der Waals surface area contributed by atoms with Crippen LogP contribution in [0.5, 0.6) is 17.4 Å². The third-order valence-electron chi connectivity index (χ3n) is 2.88. The molecule has 2 rings (SSSR count). The average molecular weight is 351 g/mol. The zero-order valence-corrected chi connectivity index (χ0v) is 14.5. The fourth-order valence-electron chi connectivity index (χ4n) is 1.76. The number of halogens is 1. The number of aromatic nitrogens is 2. The van der Waals surface area contributed by atoms with Crippen LogP contribution in [-0.4, -0.2) is 17.1 Å². The molecule has 1 heterocycles. The minimum Gasteiger partial charge on any atom is -0.493 e. The number of aryl methyl sites for hydroxylation is 1. The van der Waals surface area contributed by atoms with Crippen molar-refractivity contribution in [3.63, 3.8) is 0 Å². The molecule has 1 aromatic heterocycles. The van der Waals surface area contributed by atoms with Gasteiger partial charge in [0.2, 0.25) is 5.88 Å². The summed E-state index contributed by atoms with van der Waals surface area (Å²) in [6.45, 7) is 8.19. The zero-order valence-electron chi connectivity index (χ0n) is 12.9. The summed E-state index contributed by atoms with van der Waals surface area (Å²) in [7, 11) is 1.62. The van der Waals surface area contributed by atoms with Gasteiger partial charge in [-0.05, 0) is 40.5 Å². The van der Waals surface area contributed by atoms with Crippen molar-refractivity contribution in [3.8, 4) is 17.4 Å². The Morgan fingerprint density at radius 3 is 2.38 bits per heavy atom. The van der Waals surface area contributed by atoms with E-state index in [1.54, 1.807) is 13.2 Å². The summed E-state index contributed by atoms with van der Waals surface area (Å²) in [6, 6.07) is 7.52. The lowest BCUT2D eigenvalue weighted by atomic mass is 9.96. The van der Waals surface area contributed by atoms with Crippen LogP contribution in [0.2, 0.25) is 0 Å². The Hall–Kier alpha value is -1.62. The fourth-order valence-corrected chi connectivity index (χ4v) is 2.12. The Balaban J connectivity index is 2.38. The molecule has 0 aliphatic rings. The van der Waals surface area contributed by atoms with Gasteiger partial charge in [0.05, 0.1) is 7.11 Å². The van der Waals surface area contributed by atoms with Crippen molar-refractivity contribution < 1.29 is 9.47 Å². The van der Waals surface area contributed by atoms with Crippen LogP contribution in [-0.2, 0) is 5.41 Å². The first-order valence-corrected chi connectivity index (χ1v) is 7.46. The van der Waals surface area contributed by atoms with Crippen molar-refractivity contribution in [2.24, 2.45) is 0 Å². The smallest absolute Gasteiger partial charge is 0.223 e. The molecule has 0 atom stereocenters. The molecule has 0 saturated heterocycles. The Morgan fingerprint density at radius 2 is 1.76 bits per heavy atom. The van der Waals surface area contributed by atoms with Gasteiger partial charge in [-0.25, -0.2) is 4.98 Å². The van der Waals surface area contributed by atoms with Crippen LogP contribution in [0.3, 0.4) is 0 Å². The SMILES string of the molecule is COc1cc(C)ccc1Oc1cc(Br)nc(C(C)(C)C)n1. The third kappa shape index (κ3) is 3.94. The predicted molar refractivity (Wildman–Crippen MR) is 86.2 cm³/mol. The summed E-state index contributed by atoms with van der Waals surface area (Å²) >= 11 is 3.40. The Kier molecular flexibility index (Phi) is 4.52. The minimum absolute atomic E-state index is 0.154. The van der Waals surface area contributed by atoms with Gasteiger partial charge in [-0.15, -0.1) is 0 Å². The van der Waals surface area contributed by atoms with E-state index < -0.39 is 0 Å². The van der Waals surface area contributed by atoms with Gasteiger partial charge in [0, 0.05) is 11.5 Å². The van der Waals surface area contributed by atoms with Crippen LogP contribution in [0.1, 0.15) is 32.2 Å². The van der Waals surface area contributed by atoms with Crippen LogP contribution in [0.25, 0.3) is 0 Å². The molecule has 112 valence electrons. The molecule has 5 heteroatoms. The van der Waals surface area contributed by atoms with Crippen LogP contribution in [0.15, 0.2) is 28.9 Å². The van der Waals surface area contributed by atoms with E-state index in [1.165, 1.54) is 0 Å². The van der Waals surface area contributed by atoms with Crippen molar-refractivity contribution in [3.05, 3.63) is 40.3 Å². The molecule has 2 aromatic rings. The molecule has 0 spiro atoms. The van der Waals surface area contributed by atoms with E-state index in [0.717, 1.165) is 11.4 Å². The molecule has 1 aromatic carbocycles. The van der Waals surface area contributed by atoms with Gasteiger partial charge in [0.1, 0.15) is 10.4 Å². The Bertz CT molecular complexity index is 651. The standard InChI is InChI=1S/C16H19BrN2O2/c1-10-6-7-11(12(8-10)20-5)21-14-9-13(17)18-15(19-14)16(2,3)4/h6-9H,1-5H3. The van der Waals surface area contributed by atoms with Crippen LogP contribution < -0.4 is 9.47 Å². The number of ether oxygens (including phenoxy) is 2. The third-order valence-corrected chi connectivity index (χ3v) is 3.28. The largest absolute Gasteiger partial charge is 0.493 e. The monoisotopic (exact) mass is 350 g/mol. The highest BCUT2D eigenvalue weighted by Crippen LogP contribution is 2.33. The lowest BCUT2D eigenvalue weighted by molar-refractivity contribution is 0.371. The Morgan fingerprint density at radius 1 is 1.05 bits per heavy atom. The first kappa shape index (κ1) is 15.8. The second kappa shape index (κ2) is 6.02. The quantitative estimate of drug-likeness (QED) is 0.756. The van der Waals surface area contributed by atoms with Gasteiger partial charge < -0.3 is 9.47 Å². The van der Waals surface area contributed by atoms with Crippen LogP contribution in [0, 0.1) is 6.92 Å². The van der Waals surface area contributed by atoms with Gasteiger partial charge in [-0.2, -0.15) is 4.98 Å². The molecule has 0 radical (unpaired) electrons. The number of benzene rings is 1. The van der Waals surface area contributed by atoms with Gasteiger partial charge in [-0.1, -0.05) is 26.8 Å². The molecule has 0 saturated carbocycles. The van der Waals surface area contributed by atoms with Crippen molar-refractivity contribution in [2.45, 2.75) is 33.1 Å². The molecular formula is C16H19BrN2O2. The molecule has 4 nitrogen and oxygen atoms in total. The molecular weight excluding hydrogens is 332 g/mol. The van der Waals surface area contributed by atoms with Crippen LogP contribution in [0.4, 0.5) is 0 Å². The summed E-state index contributed by atoms with van der Waals surface area (Å²) in [6.07, 6.45) is 0. The van der Waals surface area contributed by atoms with Gasteiger partial charge in [0.15, 0.2) is 11.5 Å². The number of hydrogen-bond acceptors (Lipinski definition) is 4. The molecule has 0 aliphatic carbocycles. The number of methoxy groups -OCH3 is 1. The highest BCUT2D eigenvalue weighted by Gasteiger charge is 2.19. The lowest BCUT2D eigenvalue weighted by Gasteiger charge is -2.18. The molecule has 0 N–H and O–H groups in total. The highest BCUT2D eigenvalue weighted by atomic mass is 79.9. The molecule has 0 fully saturated rings. The van der Waals surface area contributed by atoms with Crippen molar-refractivity contribution in [2.75, 3.05) is 7.11 Å². The maximum Gasteiger partial charge on any atom is 0.223 e.